The van der Waals surface area contributed by atoms with Crippen LogP contribution >= 0.6 is 0 Å². The van der Waals surface area contributed by atoms with Gasteiger partial charge < -0.3 is 0 Å². The van der Waals surface area contributed by atoms with E-state index in [2.05, 4.69) is 0 Å². The van der Waals surface area contributed by atoms with Crippen LogP contribution in [0.15, 0.2) is 18.2 Å². The Morgan fingerprint density at radius 3 is 2.69 bits per heavy atom. The maximum absolute atomic E-state index is 11.4. The topological polar surface area (TPSA) is 34.1 Å². The van der Waals surface area contributed by atoms with Gasteiger partial charge in [-0.25, -0.2) is 0 Å². The molecule has 1 aliphatic rings. The summed E-state index contributed by atoms with van der Waals surface area (Å²) in [5.41, 5.74) is 2.27. The molecule has 0 saturated heterocycles. The van der Waals surface area contributed by atoms with Gasteiger partial charge >= 0.3 is 0 Å². The molecule has 0 saturated carbocycles. The molecule has 0 atom stereocenters. The van der Waals surface area contributed by atoms with Crippen LogP contribution < -0.4 is 0 Å². The minimum atomic E-state index is -0.0321. The van der Waals surface area contributed by atoms with Gasteiger partial charge in [-0.3, -0.25) is 9.59 Å². The first kappa shape index (κ1) is 8.17. The van der Waals surface area contributed by atoms with Crippen molar-refractivity contribution in [2.24, 2.45) is 0 Å². The third-order valence-electron chi connectivity index (χ3n) is 2.43. The van der Waals surface area contributed by atoms with Crippen molar-refractivity contribution in [3.63, 3.8) is 0 Å². The van der Waals surface area contributed by atoms with E-state index in [1.54, 1.807) is 6.07 Å². The second-order valence-electron chi connectivity index (χ2n) is 3.22. The zero-order valence-corrected chi connectivity index (χ0v) is 7.46. The lowest BCUT2D eigenvalue weighted by atomic mass is 10.0. The molecular weight excluding hydrogens is 164 g/mol. The van der Waals surface area contributed by atoms with E-state index >= 15 is 0 Å². The number of benzene rings is 1. The van der Waals surface area contributed by atoms with Crippen molar-refractivity contribution in [1.82, 2.24) is 0 Å². The maximum Gasteiger partial charge on any atom is 0.171 e. The summed E-state index contributed by atoms with van der Waals surface area (Å²) < 4.78 is 0. The smallest absolute Gasteiger partial charge is 0.171 e. The van der Waals surface area contributed by atoms with E-state index < -0.39 is 0 Å². The normalized spacial score (nSPS) is 14.8. The number of fused-ring (bicyclic) bond motifs is 1. The van der Waals surface area contributed by atoms with E-state index in [9.17, 15) is 9.59 Å². The minimum absolute atomic E-state index is 0.0162. The van der Waals surface area contributed by atoms with Crippen LogP contribution in [0.2, 0.25) is 0 Å². The molecule has 2 nitrogen and oxygen atoms in total. The van der Waals surface area contributed by atoms with Crippen LogP contribution in [-0.4, -0.2) is 11.6 Å². The Morgan fingerprint density at radius 1 is 1.23 bits per heavy atom. The van der Waals surface area contributed by atoms with Crippen molar-refractivity contribution in [3.8, 4) is 0 Å². The van der Waals surface area contributed by atoms with Gasteiger partial charge in [-0.1, -0.05) is 25.1 Å². The van der Waals surface area contributed by atoms with Crippen molar-refractivity contribution in [1.29, 1.82) is 0 Å². The number of ketones is 2. The first-order valence-corrected chi connectivity index (χ1v) is 4.42. The fourth-order valence-corrected chi connectivity index (χ4v) is 1.79. The third kappa shape index (κ3) is 1.10. The van der Waals surface area contributed by atoms with Crippen molar-refractivity contribution >= 4 is 11.6 Å². The molecular formula is C11H10O2. The zero-order valence-electron chi connectivity index (χ0n) is 7.46. The summed E-state index contributed by atoms with van der Waals surface area (Å²) in [4.78, 5) is 22.8. The number of Topliss-reactive ketones (excluding diaryl/α,β-unsaturated/α-hetero) is 2. The highest BCUT2D eigenvalue weighted by Crippen LogP contribution is 2.25. The molecule has 66 valence electrons. The van der Waals surface area contributed by atoms with Crippen LogP contribution in [0.4, 0.5) is 0 Å². The summed E-state index contributed by atoms with van der Waals surface area (Å²) in [6, 6.07) is 5.49. The summed E-state index contributed by atoms with van der Waals surface area (Å²) in [5, 5.41) is 0. The van der Waals surface area contributed by atoms with Crippen LogP contribution in [0, 0.1) is 0 Å². The number of hydrogen-bond acceptors (Lipinski definition) is 2. The second-order valence-corrected chi connectivity index (χ2v) is 3.22. The molecule has 2 heteroatoms. The SMILES string of the molecule is CCc1cccc2c1C(=O)CC2=O. The van der Waals surface area contributed by atoms with Crippen LogP contribution in [0.3, 0.4) is 0 Å². The van der Waals surface area contributed by atoms with Gasteiger partial charge in [-0.2, -0.15) is 0 Å². The van der Waals surface area contributed by atoms with Crippen LogP contribution in [0.5, 0.6) is 0 Å². The van der Waals surface area contributed by atoms with Gasteiger partial charge in [-0.05, 0) is 12.0 Å². The van der Waals surface area contributed by atoms with Gasteiger partial charge in [0, 0.05) is 11.1 Å². The second kappa shape index (κ2) is 2.80. The standard InChI is InChI=1S/C11H10O2/c1-2-7-4-3-5-8-9(12)6-10(13)11(7)8/h3-5H,2,6H2,1H3. The lowest BCUT2D eigenvalue weighted by Crippen LogP contribution is -1.97. The Hall–Kier alpha value is -1.44. The molecule has 1 aromatic carbocycles. The van der Waals surface area contributed by atoms with Gasteiger partial charge in [0.05, 0.1) is 6.42 Å². The Balaban J connectivity index is 2.69. The van der Waals surface area contributed by atoms with E-state index in [-0.39, 0.29) is 18.0 Å². The fourth-order valence-electron chi connectivity index (χ4n) is 1.79. The molecule has 0 unspecified atom stereocenters. The van der Waals surface area contributed by atoms with Crippen LogP contribution in [-0.2, 0) is 6.42 Å². The summed E-state index contributed by atoms with van der Waals surface area (Å²) >= 11 is 0. The van der Waals surface area contributed by atoms with E-state index in [4.69, 9.17) is 0 Å². The first-order chi connectivity index (χ1) is 6.24. The first-order valence-electron chi connectivity index (χ1n) is 4.42. The largest absolute Gasteiger partial charge is 0.294 e. The molecule has 0 spiro atoms. The Bertz CT molecular complexity index is 391. The molecule has 0 radical (unpaired) electrons. The lowest BCUT2D eigenvalue weighted by Gasteiger charge is -2.02. The van der Waals surface area contributed by atoms with Gasteiger partial charge in [0.1, 0.15) is 0 Å². The molecule has 0 heterocycles. The predicted molar refractivity (Wildman–Crippen MR) is 49.1 cm³/mol. The molecule has 2 rings (SSSR count). The van der Waals surface area contributed by atoms with Gasteiger partial charge in [0.2, 0.25) is 0 Å². The highest BCUT2D eigenvalue weighted by Gasteiger charge is 2.28. The van der Waals surface area contributed by atoms with Crippen molar-refractivity contribution in [2.75, 3.05) is 0 Å². The third-order valence-corrected chi connectivity index (χ3v) is 2.43. The monoisotopic (exact) mass is 174 g/mol. The van der Waals surface area contributed by atoms with E-state index in [1.165, 1.54) is 0 Å². The molecule has 0 N–H and O–H groups in total. The highest BCUT2D eigenvalue weighted by atomic mass is 16.2. The highest BCUT2D eigenvalue weighted by molar-refractivity contribution is 6.24. The fraction of sp³-hybridized carbons (Fsp3) is 0.273. The van der Waals surface area contributed by atoms with Crippen molar-refractivity contribution in [2.45, 2.75) is 19.8 Å². The van der Waals surface area contributed by atoms with E-state index in [0.717, 1.165) is 12.0 Å². The van der Waals surface area contributed by atoms with Gasteiger partial charge in [0.15, 0.2) is 11.6 Å². The molecule has 0 aromatic heterocycles. The van der Waals surface area contributed by atoms with Crippen LogP contribution in [0.1, 0.15) is 39.6 Å². The molecule has 1 aliphatic carbocycles. The molecule has 0 bridgehead atoms. The van der Waals surface area contributed by atoms with E-state index in [0.29, 0.717) is 11.1 Å². The van der Waals surface area contributed by atoms with Gasteiger partial charge in [0.25, 0.3) is 0 Å². The number of aryl methyl sites for hydroxylation is 1. The van der Waals surface area contributed by atoms with Crippen molar-refractivity contribution < 1.29 is 9.59 Å². The lowest BCUT2D eigenvalue weighted by molar-refractivity contribution is 0.0923. The number of carbonyl (C=O) groups is 2. The van der Waals surface area contributed by atoms with Gasteiger partial charge in [-0.15, -0.1) is 0 Å². The predicted octanol–water partition coefficient (Wildman–Crippen LogP) is 2.02. The Kier molecular flexibility index (Phi) is 1.76. The Labute approximate surface area is 76.6 Å². The van der Waals surface area contributed by atoms with E-state index in [1.807, 2.05) is 19.1 Å². The quantitative estimate of drug-likeness (QED) is 0.610. The Morgan fingerprint density at radius 2 is 2.00 bits per heavy atom. The summed E-state index contributed by atoms with van der Waals surface area (Å²) in [6.07, 6.45) is 0.870. The molecule has 0 fully saturated rings. The molecule has 0 amide bonds. The zero-order chi connectivity index (χ0) is 9.42. The van der Waals surface area contributed by atoms with Crippen LogP contribution in [0.25, 0.3) is 0 Å². The number of carbonyl (C=O) groups excluding carboxylic acids is 2. The summed E-state index contributed by atoms with van der Waals surface area (Å²) in [7, 11) is 0. The summed E-state index contributed by atoms with van der Waals surface area (Å²) in [5.74, 6) is -0.0484. The average Bonchev–Trinajstić information content (AvgIpc) is 2.43. The maximum atomic E-state index is 11.4. The molecule has 13 heavy (non-hydrogen) atoms. The number of rotatable bonds is 1. The number of hydrogen-bond donors (Lipinski definition) is 0. The minimum Gasteiger partial charge on any atom is -0.294 e. The van der Waals surface area contributed by atoms with Crippen molar-refractivity contribution in [3.05, 3.63) is 34.9 Å². The molecule has 0 aliphatic heterocycles. The molecule has 1 aromatic rings. The summed E-state index contributed by atoms with van der Waals surface area (Å²) in [6.45, 7) is 1.99. The average molecular weight is 174 g/mol.